The number of nitro groups is 1. The molecular formula is C21H21N3O5. The molecule has 1 heterocycles. The number of amides is 2. The quantitative estimate of drug-likeness (QED) is 0.437. The zero-order valence-corrected chi connectivity index (χ0v) is 16.3. The van der Waals surface area contributed by atoms with Crippen LogP contribution in [0.4, 0.5) is 11.4 Å². The fourth-order valence-electron chi connectivity index (χ4n) is 3.12. The first-order valence-corrected chi connectivity index (χ1v) is 9.20. The maximum absolute atomic E-state index is 13.0. The summed E-state index contributed by atoms with van der Waals surface area (Å²) in [7, 11) is 0. The molecule has 0 atom stereocenters. The molecule has 0 saturated carbocycles. The minimum Gasteiger partial charge on any atom is -0.494 e. The molecular weight excluding hydrogens is 374 g/mol. The molecule has 0 aromatic heterocycles. The number of anilines is 1. The zero-order chi connectivity index (χ0) is 21.1. The molecule has 0 spiro atoms. The number of non-ortho nitro benzene ring substituents is 1. The molecule has 1 aliphatic rings. The largest absolute Gasteiger partial charge is 0.494 e. The van der Waals surface area contributed by atoms with Gasteiger partial charge in [0.2, 0.25) is 0 Å². The predicted molar refractivity (Wildman–Crippen MR) is 108 cm³/mol. The highest BCUT2D eigenvalue weighted by Crippen LogP contribution is 2.33. The Morgan fingerprint density at radius 3 is 2.38 bits per heavy atom. The molecule has 0 aliphatic carbocycles. The second kappa shape index (κ2) is 8.14. The number of imide groups is 1. The lowest BCUT2D eigenvalue weighted by molar-refractivity contribution is -0.384. The smallest absolute Gasteiger partial charge is 0.278 e. The fourth-order valence-corrected chi connectivity index (χ4v) is 3.12. The Kier molecular flexibility index (Phi) is 5.63. The summed E-state index contributed by atoms with van der Waals surface area (Å²) >= 11 is 0. The normalized spacial score (nSPS) is 14.0. The lowest BCUT2D eigenvalue weighted by Crippen LogP contribution is -2.38. The summed E-state index contributed by atoms with van der Waals surface area (Å²) in [5.74, 6) is -0.255. The summed E-state index contributed by atoms with van der Waals surface area (Å²) in [6.07, 6.45) is 0. The van der Waals surface area contributed by atoms with Crippen molar-refractivity contribution in [1.29, 1.82) is 0 Å². The lowest BCUT2D eigenvalue weighted by atomic mass is 10.0. The third-order valence-corrected chi connectivity index (χ3v) is 4.41. The van der Waals surface area contributed by atoms with Crippen LogP contribution >= 0.6 is 0 Å². The molecule has 3 rings (SSSR count). The Bertz CT molecular complexity index is 996. The predicted octanol–water partition coefficient (Wildman–Crippen LogP) is 3.59. The molecule has 0 saturated heterocycles. The number of carbonyl (C=O) groups excluding carboxylic acids is 2. The van der Waals surface area contributed by atoms with Crippen LogP contribution in [0, 0.1) is 10.1 Å². The molecule has 2 aromatic rings. The first-order chi connectivity index (χ1) is 13.8. The van der Waals surface area contributed by atoms with Gasteiger partial charge < -0.3 is 10.1 Å². The Balaban J connectivity index is 2.06. The van der Waals surface area contributed by atoms with Gasteiger partial charge in [0.15, 0.2) is 0 Å². The van der Waals surface area contributed by atoms with E-state index in [-0.39, 0.29) is 23.0 Å². The minimum atomic E-state index is -0.515. The SMILES string of the molecule is CCOc1cccc(NC2=C(c3ccc([N+](=O)[O-])cc3)C(=O)N(C(C)C)C2=O)c1. The maximum atomic E-state index is 13.0. The van der Waals surface area contributed by atoms with E-state index in [1.165, 1.54) is 29.2 Å². The number of benzene rings is 2. The Morgan fingerprint density at radius 2 is 1.79 bits per heavy atom. The van der Waals surface area contributed by atoms with Crippen LogP contribution in [-0.4, -0.2) is 34.3 Å². The van der Waals surface area contributed by atoms with Crippen LogP contribution in [0.25, 0.3) is 5.57 Å². The summed E-state index contributed by atoms with van der Waals surface area (Å²) in [4.78, 5) is 37.6. The van der Waals surface area contributed by atoms with Crippen molar-refractivity contribution in [2.75, 3.05) is 11.9 Å². The Labute approximate surface area is 167 Å². The molecule has 2 aromatic carbocycles. The topological polar surface area (TPSA) is 102 Å². The third kappa shape index (κ3) is 3.96. The molecule has 0 bridgehead atoms. The van der Waals surface area contributed by atoms with Crippen LogP contribution in [0.5, 0.6) is 5.75 Å². The van der Waals surface area contributed by atoms with Crippen molar-refractivity contribution in [2.24, 2.45) is 0 Å². The number of hydrogen-bond acceptors (Lipinski definition) is 6. The number of nitrogens with zero attached hydrogens (tertiary/aromatic N) is 2. The van der Waals surface area contributed by atoms with Gasteiger partial charge in [-0.1, -0.05) is 6.07 Å². The van der Waals surface area contributed by atoms with Crippen LogP contribution in [0.3, 0.4) is 0 Å². The van der Waals surface area contributed by atoms with Crippen LogP contribution < -0.4 is 10.1 Å². The van der Waals surface area contributed by atoms with E-state index >= 15 is 0 Å². The van der Waals surface area contributed by atoms with Gasteiger partial charge in [-0.15, -0.1) is 0 Å². The molecule has 0 fully saturated rings. The second-order valence-corrected chi connectivity index (χ2v) is 6.71. The molecule has 8 nitrogen and oxygen atoms in total. The summed E-state index contributed by atoms with van der Waals surface area (Å²) in [5, 5.41) is 14.0. The minimum absolute atomic E-state index is 0.0919. The van der Waals surface area contributed by atoms with E-state index in [9.17, 15) is 19.7 Å². The van der Waals surface area contributed by atoms with Crippen LogP contribution in [0.15, 0.2) is 54.2 Å². The average Bonchev–Trinajstić information content (AvgIpc) is 2.92. The molecule has 150 valence electrons. The van der Waals surface area contributed by atoms with Crippen molar-refractivity contribution in [1.82, 2.24) is 4.90 Å². The van der Waals surface area contributed by atoms with Crippen molar-refractivity contribution in [3.05, 3.63) is 69.9 Å². The van der Waals surface area contributed by atoms with Gasteiger partial charge in [-0.3, -0.25) is 24.6 Å². The highest BCUT2D eigenvalue weighted by molar-refractivity contribution is 6.36. The van der Waals surface area contributed by atoms with Crippen LogP contribution in [0.1, 0.15) is 26.3 Å². The first-order valence-electron chi connectivity index (χ1n) is 9.20. The first kappa shape index (κ1) is 20.1. The van der Waals surface area contributed by atoms with E-state index < -0.39 is 16.7 Å². The molecule has 2 amide bonds. The Morgan fingerprint density at radius 1 is 1.10 bits per heavy atom. The number of hydrogen-bond donors (Lipinski definition) is 1. The summed E-state index contributed by atoms with van der Waals surface area (Å²) in [6, 6.07) is 12.3. The van der Waals surface area contributed by atoms with Gasteiger partial charge in [-0.2, -0.15) is 0 Å². The molecule has 29 heavy (non-hydrogen) atoms. The van der Waals surface area contributed by atoms with Crippen LogP contribution in [0.2, 0.25) is 0 Å². The van der Waals surface area contributed by atoms with Crippen molar-refractivity contribution in [3.8, 4) is 5.75 Å². The number of nitro benzene ring substituents is 1. The van der Waals surface area contributed by atoms with Crippen LogP contribution in [-0.2, 0) is 9.59 Å². The standard InChI is InChI=1S/C21H21N3O5/c1-4-29-17-7-5-6-15(12-17)22-19-18(20(25)23(13(2)3)21(19)26)14-8-10-16(11-9-14)24(27)28/h5-13,22H,4H2,1-3H3. The van der Waals surface area contributed by atoms with Gasteiger partial charge >= 0.3 is 0 Å². The van der Waals surface area contributed by atoms with Crippen molar-refractivity contribution < 1.29 is 19.2 Å². The van der Waals surface area contributed by atoms with Crippen molar-refractivity contribution in [3.63, 3.8) is 0 Å². The number of nitrogens with one attached hydrogen (secondary N) is 1. The third-order valence-electron chi connectivity index (χ3n) is 4.41. The van der Waals surface area contributed by atoms with Gasteiger partial charge in [0, 0.05) is 29.9 Å². The van der Waals surface area contributed by atoms with E-state index in [2.05, 4.69) is 5.32 Å². The molecule has 1 N–H and O–H groups in total. The van der Waals surface area contributed by atoms with Gasteiger partial charge in [0.1, 0.15) is 11.4 Å². The van der Waals surface area contributed by atoms with Gasteiger partial charge in [0.05, 0.1) is 17.1 Å². The molecule has 1 aliphatic heterocycles. The van der Waals surface area contributed by atoms with Crippen molar-refractivity contribution in [2.45, 2.75) is 26.8 Å². The number of rotatable bonds is 7. The van der Waals surface area contributed by atoms with E-state index in [1.54, 1.807) is 38.1 Å². The van der Waals surface area contributed by atoms with E-state index in [4.69, 9.17) is 4.74 Å². The maximum Gasteiger partial charge on any atom is 0.278 e. The summed E-state index contributed by atoms with van der Waals surface area (Å²) in [5.41, 5.74) is 1.25. The number of carbonyl (C=O) groups is 2. The molecule has 0 radical (unpaired) electrons. The highest BCUT2D eigenvalue weighted by Gasteiger charge is 2.40. The van der Waals surface area contributed by atoms with Gasteiger partial charge in [-0.05, 0) is 50.6 Å². The van der Waals surface area contributed by atoms with Crippen molar-refractivity contribution >= 4 is 28.8 Å². The monoisotopic (exact) mass is 395 g/mol. The second-order valence-electron chi connectivity index (χ2n) is 6.71. The zero-order valence-electron chi connectivity index (χ0n) is 16.3. The Hall–Kier alpha value is -3.68. The molecule has 0 unspecified atom stereocenters. The summed E-state index contributed by atoms with van der Waals surface area (Å²) in [6.45, 7) is 5.87. The lowest BCUT2D eigenvalue weighted by Gasteiger charge is -2.19. The average molecular weight is 395 g/mol. The summed E-state index contributed by atoms with van der Waals surface area (Å²) < 4.78 is 5.48. The fraction of sp³-hybridized carbons (Fsp3) is 0.238. The molecule has 8 heteroatoms. The van der Waals surface area contributed by atoms with Gasteiger partial charge in [-0.25, -0.2) is 0 Å². The van der Waals surface area contributed by atoms with Gasteiger partial charge in [0.25, 0.3) is 17.5 Å². The highest BCUT2D eigenvalue weighted by atomic mass is 16.6. The van der Waals surface area contributed by atoms with E-state index in [1.807, 2.05) is 6.92 Å². The van der Waals surface area contributed by atoms with E-state index in [0.29, 0.717) is 23.6 Å². The van der Waals surface area contributed by atoms with E-state index in [0.717, 1.165) is 0 Å². The number of ether oxygens (including phenoxy) is 1.